The lowest BCUT2D eigenvalue weighted by Gasteiger charge is -2.24. The highest BCUT2D eigenvalue weighted by molar-refractivity contribution is 6.02. The minimum absolute atomic E-state index is 0.137. The van der Waals surface area contributed by atoms with E-state index in [2.05, 4.69) is 4.98 Å². The summed E-state index contributed by atoms with van der Waals surface area (Å²) in [4.78, 5) is 41.3. The first kappa shape index (κ1) is 17.6. The van der Waals surface area contributed by atoms with Crippen molar-refractivity contribution < 1.29 is 14.4 Å². The Hall–Kier alpha value is -2.76. The van der Waals surface area contributed by atoms with E-state index in [4.69, 9.17) is 5.73 Å². The molecule has 1 aliphatic heterocycles. The molecule has 2 aromatic rings. The second-order valence-corrected chi connectivity index (χ2v) is 7.52. The summed E-state index contributed by atoms with van der Waals surface area (Å²) in [5.41, 5.74) is 8.44. The van der Waals surface area contributed by atoms with Crippen molar-refractivity contribution in [2.75, 3.05) is 0 Å². The third-order valence-electron chi connectivity index (χ3n) is 5.70. The predicted molar refractivity (Wildman–Crippen MR) is 101 cm³/mol. The maximum atomic E-state index is 11.9. The van der Waals surface area contributed by atoms with Crippen molar-refractivity contribution >= 4 is 28.6 Å². The van der Waals surface area contributed by atoms with Gasteiger partial charge < -0.3 is 5.73 Å². The average Bonchev–Trinajstić information content (AvgIpc) is 2.99. The second-order valence-electron chi connectivity index (χ2n) is 7.52. The number of pyridine rings is 1. The zero-order valence-corrected chi connectivity index (χ0v) is 15.2. The average molecular weight is 365 g/mol. The number of hydrogen-bond acceptors (Lipinski definition) is 4. The molecule has 0 bridgehead atoms. The maximum Gasteiger partial charge on any atom is 0.267 e. The molecule has 2 heterocycles. The van der Waals surface area contributed by atoms with Gasteiger partial charge in [0.2, 0.25) is 11.8 Å². The van der Waals surface area contributed by atoms with E-state index in [9.17, 15) is 14.4 Å². The summed E-state index contributed by atoms with van der Waals surface area (Å²) >= 11 is 0. The summed E-state index contributed by atoms with van der Waals surface area (Å²) in [7, 11) is 0. The summed E-state index contributed by atoms with van der Waals surface area (Å²) in [6.07, 6.45) is 6.41. The molecule has 1 saturated heterocycles. The van der Waals surface area contributed by atoms with Gasteiger partial charge in [-0.1, -0.05) is 31.4 Å². The number of amides is 3. The fourth-order valence-electron chi connectivity index (χ4n) is 4.26. The molecule has 1 saturated carbocycles. The third kappa shape index (κ3) is 3.44. The standard InChI is InChI=1S/C21H23N3O3/c22-21(27)18-11-16(14-4-2-1-3-5-14)15-7-6-13(10-17(15)23-18)12-24-19(25)8-9-20(24)26/h6-7,10-11,14H,1-5,8-9,12H2,(H2,22,27). The van der Waals surface area contributed by atoms with Crippen LogP contribution in [-0.4, -0.2) is 27.6 Å². The van der Waals surface area contributed by atoms with Crippen LogP contribution >= 0.6 is 0 Å². The Labute approximate surface area is 157 Å². The molecular formula is C21H23N3O3. The lowest BCUT2D eigenvalue weighted by molar-refractivity contribution is -0.139. The fourth-order valence-corrected chi connectivity index (χ4v) is 4.26. The van der Waals surface area contributed by atoms with Gasteiger partial charge in [-0.3, -0.25) is 19.3 Å². The van der Waals surface area contributed by atoms with Crippen LogP contribution in [0.25, 0.3) is 10.9 Å². The summed E-state index contributed by atoms with van der Waals surface area (Å²) in [5.74, 6) is -0.400. The minimum Gasteiger partial charge on any atom is -0.364 e. The summed E-state index contributed by atoms with van der Waals surface area (Å²) in [5, 5.41) is 1.02. The predicted octanol–water partition coefficient (Wildman–Crippen LogP) is 3.03. The molecule has 4 rings (SSSR count). The van der Waals surface area contributed by atoms with Crippen LogP contribution in [-0.2, 0) is 16.1 Å². The Balaban J connectivity index is 1.74. The van der Waals surface area contributed by atoms with Crippen LogP contribution in [0, 0.1) is 0 Å². The molecule has 140 valence electrons. The fraction of sp³-hybridized carbons (Fsp3) is 0.429. The number of imide groups is 1. The normalized spacial score (nSPS) is 18.4. The molecule has 3 amide bonds. The third-order valence-corrected chi connectivity index (χ3v) is 5.70. The Morgan fingerprint density at radius 2 is 1.78 bits per heavy atom. The molecule has 0 unspecified atom stereocenters. The van der Waals surface area contributed by atoms with Crippen LogP contribution in [0.3, 0.4) is 0 Å². The number of hydrogen-bond donors (Lipinski definition) is 1. The highest BCUT2D eigenvalue weighted by Gasteiger charge is 2.29. The zero-order chi connectivity index (χ0) is 19.0. The van der Waals surface area contributed by atoms with Crippen LogP contribution < -0.4 is 5.73 Å². The molecule has 0 atom stereocenters. The SMILES string of the molecule is NC(=O)c1cc(C2CCCCC2)c2ccc(CN3C(=O)CCC3=O)cc2n1. The molecule has 0 spiro atoms. The molecule has 2 fully saturated rings. The van der Waals surface area contributed by atoms with Crippen molar-refractivity contribution in [2.24, 2.45) is 5.73 Å². The Bertz CT molecular complexity index is 916. The molecule has 1 aromatic heterocycles. The number of benzene rings is 1. The molecule has 2 aliphatic rings. The van der Waals surface area contributed by atoms with Crippen molar-refractivity contribution in [1.82, 2.24) is 9.88 Å². The molecule has 2 N–H and O–H groups in total. The number of rotatable bonds is 4. The number of carbonyl (C=O) groups is 3. The molecule has 0 radical (unpaired) electrons. The van der Waals surface area contributed by atoms with Crippen LogP contribution in [0.2, 0.25) is 0 Å². The Morgan fingerprint density at radius 3 is 2.44 bits per heavy atom. The van der Waals surface area contributed by atoms with Gasteiger partial charge in [-0.05, 0) is 42.0 Å². The molecule has 1 aliphatic carbocycles. The molecular weight excluding hydrogens is 342 g/mol. The van der Waals surface area contributed by atoms with E-state index < -0.39 is 5.91 Å². The van der Waals surface area contributed by atoms with Gasteiger partial charge in [0.25, 0.3) is 5.91 Å². The van der Waals surface area contributed by atoms with E-state index in [0.29, 0.717) is 11.4 Å². The van der Waals surface area contributed by atoms with E-state index >= 15 is 0 Å². The number of primary amides is 1. The Kier molecular flexibility index (Phi) is 4.64. The lowest BCUT2D eigenvalue weighted by Crippen LogP contribution is -2.28. The Morgan fingerprint density at radius 1 is 1.07 bits per heavy atom. The quantitative estimate of drug-likeness (QED) is 0.843. The lowest BCUT2D eigenvalue weighted by atomic mass is 9.82. The van der Waals surface area contributed by atoms with Gasteiger partial charge in [0, 0.05) is 18.2 Å². The molecule has 6 nitrogen and oxygen atoms in total. The van der Waals surface area contributed by atoms with Gasteiger partial charge in [0.1, 0.15) is 5.69 Å². The first-order valence-electron chi connectivity index (χ1n) is 9.59. The topological polar surface area (TPSA) is 93.4 Å². The van der Waals surface area contributed by atoms with E-state index in [1.54, 1.807) is 0 Å². The highest BCUT2D eigenvalue weighted by Crippen LogP contribution is 2.36. The van der Waals surface area contributed by atoms with E-state index in [0.717, 1.165) is 29.4 Å². The molecule has 6 heteroatoms. The van der Waals surface area contributed by atoms with Gasteiger partial charge in [-0.15, -0.1) is 0 Å². The van der Waals surface area contributed by atoms with Crippen molar-refractivity contribution in [3.8, 4) is 0 Å². The summed E-state index contributed by atoms with van der Waals surface area (Å²) < 4.78 is 0. The number of likely N-dealkylation sites (tertiary alicyclic amines) is 1. The van der Waals surface area contributed by atoms with Crippen LogP contribution in [0.5, 0.6) is 0 Å². The van der Waals surface area contributed by atoms with Crippen molar-refractivity contribution in [3.05, 3.63) is 41.1 Å². The number of fused-ring (bicyclic) bond motifs is 1. The number of aromatic nitrogens is 1. The summed E-state index contributed by atoms with van der Waals surface area (Å²) in [6.45, 7) is 0.245. The van der Waals surface area contributed by atoms with Crippen molar-refractivity contribution in [2.45, 2.75) is 57.4 Å². The molecule has 27 heavy (non-hydrogen) atoms. The van der Waals surface area contributed by atoms with Gasteiger partial charge in [-0.2, -0.15) is 0 Å². The number of nitrogens with zero attached hydrogens (tertiary/aromatic N) is 2. The van der Waals surface area contributed by atoms with Crippen LogP contribution in [0.1, 0.15) is 72.5 Å². The van der Waals surface area contributed by atoms with E-state index in [-0.39, 0.29) is 36.9 Å². The first-order valence-corrected chi connectivity index (χ1v) is 9.59. The second kappa shape index (κ2) is 7.10. The smallest absolute Gasteiger partial charge is 0.267 e. The zero-order valence-electron chi connectivity index (χ0n) is 15.2. The van der Waals surface area contributed by atoms with E-state index in [1.807, 2.05) is 24.3 Å². The highest BCUT2D eigenvalue weighted by atomic mass is 16.2. The molecule has 1 aromatic carbocycles. The van der Waals surface area contributed by atoms with Gasteiger partial charge in [0.05, 0.1) is 12.1 Å². The van der Waals surface area contributed by atoms with Gasteiger partial charge >= 0.3 is 0 Å². The van der Waals surface area contributed by atoms with Crippen molar-refractivity contribution in [3.63, 3.8) is 0 Å². The largest absolute Gasteiger partial charge is 0.364 e. The van der Waals surface area contributed by atoms with E-state index in [1.165, 1.54) is 24.2 Å². The van der Waals surface area contributed by atoms with Gasteiger partial charge in [0.15, 0.2) is 0 Å². The summed E-state index contributed by atoms with van der Waals surface area (Å²) in [6, 6.07) is 7.65. The number of carbonyl (C=O) groups excluding carboxylic acids is 3. The van der Waals surface area contributed by atoms with Crippen LogP contribution in [0.4, 0.5) is 0 Å². The monoisotopic (exact) mass is 365 g/mol. The minimum atomic E-state index is -0.538. The maximum absolute atomic E-state index is 11.9. The van der Waals surface area contributed by atoms with Crippen LogP contribution in [0.15, 0.2) is 24.3 Å². The van der Waals surface area contributed by atoms with Gasteiger partial charge in [-0.25, -0.2) is 4.98 Å². The first-order chi connectivity index (χ1) is 13.0. The number of nitrogens with two attached hydrogens (primary N) is 1. The van der Waals surface area contributed by atoms with Crippen molar-refractivity contribution in [1.29, 1.82) is 0 Å².